The van der Waals surface area contributed by atoms with Gasteiger partial charge in [0.2, 0.25) is 0 Å². The number of nitrogens with zero attached hydrogens (tertiary/aromatic N) is 3. The Hall–Kier alpha value is -2.18. The van der Waals surface area contributed by atoms with Crippen LogP contribution in [0, 0.1) is 0 Å². The van der Waals surface area contributed by atoms with E-state index in [1.54, 1.807) is 0 Å². The van der Waals surface area contributed by atoms with Gasteiger partial charge in [-0.25, -0.2) is 9.97 Å². The summed E-state index contributed by atoms with van der Waals surface area (Å²) >= 11 is 0. The molecule has 1 aromatic rings. The summed E-state index contributed by atoms with van der Waals surface area (Å²) in [5.74, 6) is -1.59. The van der Waals surface area contributed by atoms with Crippen LogP contribution in [0.25, 0.3) is 0 Å². The Labute approximate surface area is 98.3 Å². The van der Waals surface area contributed by atoms with Gasteiger partial charge in [-0.15, -0.1) is 0 Å². The maximum absolute atomic E-state index is 12.0. The second-order valence-electron chi connectivity index (χ2n) is 3.41. The SMILES string of the molecule is CCCN(CC(=O)O)C(=O)c1nccnc1N. The number of carbonyl (C=O) groups excluding carboxylic acids is 1. The molecule has 0 bridgehead atoms. The standard InChI is InChI=1S/C10H14N4O3/c1-2-5-14(6-7(15)16)10(17)8-9(11)13-4-3-12-8/h3-4H,2,5-6H2,1H3,(H2,11,13)(H,15,16). The molecule has 1 amide bonds. The summed E-state index contributed by atoms with van der Waals surface area (Å²) in [5, 5.41) is 8.71. The topological polar surface area (TPSA) is 109 Å². The van der Waals surface area contributed by atoms with Gasteiger partial charge >= 0.3 is 5.97 Å². The minimum absolute atomic E-state index is 0.00370. The molecule has 1 heterocycles. The molecule has 0 aliphatic rings. The number of nitrogen functional groups attached to an aromatic ring is 1. The maximum Gasteiger partial charge on any atom is 0.323 e. The lowest BCUT2D eigenvalue weighted by Crippen LogP contribution is -2.37. The summed E-state index contributed by atoms with van der Waals surface area (Å²) in [6, 6.07) is 0. The molecule has 0 unspecified atom stereocenters. The summed E-state index contributed by atoms with van der Waals surface area (Å²) < 4.78 is 0. The number of anilines is 1. The fourth-order valence-electron chi connectivity index (χ4n) is 1.35. The molecule has 7 heteroatoms. The second kappa shape index (κ2) is 5.78. The zero-order valence-electron chi connectivity index (χ0n) is 9.46. The normalized spacial score (nSPS) is 9.94. The first-order chi connectivity index (χ1) is 8.06. The lowest BCUT2D eigenvalue weighted by Gasteiger charge is -2.19. The minimum atomic E-state index is -1.07. The van der Waals surface area contributed by atoms with Crippen LogP contribution in [0.15, 0.2) is 12.4 Å². The van der Waals surface area contributed by atoms with Gasteiger partial charge in [0.15, 0.2) is 11.5 Å². The number of hydrogen-bond donors (Lipinski definition) is 2. The third-order valence-corrected chi connectivity index (χ3v) is 2.04. The Kier molecular flexibility index (Phi) is 4.38. The van der Waals surface area contributed by atoms with Crippen LogP contribution < -0.4 is 5.73 Å². The lowest BCUT2D eigenvalue weighted by atomic mass is 10.3. The van der Waals surface area contributed by atoms with Gasteiger partial charge in [0, 0.05) is 18.9 Å². The van der Waals surface area contributed by atoms with Crippen LogP contribution in [-0.4, -0.2) is 44.9 Å². The number of carboxylic acid groups (broad SMARTS) is 1. The zero-order chi connectivity index (χ0) is 12.8. The Morgan fingerprint density at radius 1 is 1.41 bits per heavy atom. The predicted octanol–water partition coefficient (Wildman–Crippen LogP) is -0.00440. The smallest absolute Gasteiger partial charge is 0.323 e. The van der Waals surface area contributed by atoms with Crippen LogP contribution in [-0.2, 0) is 4.79 Å². The van der Waals surface area contributed by atoms with Crippen molar-refractivity contribution in [1.82, 2.24) is 14.9 Å². The fraction of sp³-hybridized carbons (Fsp3) is 0.400. The summed E-state index contributed by atoms with van der Waals surface area (Å²) in [7, 11) is 0. The molecular weight excluding hydrogens is 224 g/mol. The largest absolute Gasteiger partial charge is 0.480 e. The highest BCUT2D eigenvalue weighted by molar-refractivity contribution is 5.97. The van der Waals surface area contributed by atoms with E-state index >= 15 is 0 Å². The Morgan fingerprint density at radius 2 is 2.06 bits per heavy atom. The van der Waals surface area contributed by atoms with Crippen molar-refractivity contribution in [1.29, 1.82) is 0 Å². The number of aliphatic carboxylic acids is 1. The van der Waals surface area contributed by atoms with Crippen LogP contribution in [0.3, 0.4) is 0 Å². The molecule has 0 aliphatic heterocycles. The van der Waals surface area contributed by atoms with Gasteiger partial charge in [-0.2, -0.15) is 0 Å². The summed E-state index contributed by atoms with van der Waals surface area (Å²) in [5.41, 5.74) is 5.51. The van der Waals surface area contributed by atoms with Crippen molar-refractivity contribution in [3.8, 4) is 0 Å². The Morgan fingerprint density at radius 3 is 2.59 bits per heavy atom. The van der Waals surface area contributed by atoms with Gasteiger partial charge in [0.25, 0.3) is 5.91 Å². The second-order valence-corrected chi connectivity index (χ2v) is 3.41. The molecule has 0 fully saturated rings. The van der Waals surface area contributed by atoms with Crippen molar-refractivity contribution in [2.75, 3.05) is 18.8 Å². The van der Waals surface area contributed by atoms with Crippen molar-refractivity contribution in [2.45, 2.75) is 13.3 Å². The van der Waals surface area contributed by atoms with Crippen molar-refractivity contribution in [3.63, 3.8) is 0 Å². The van der Waals surface area contributed by atoms with Crippen LogP contribution in [0.4, 0.5) is 5.82 Å². The third kappa shape index (κ3) is 3.40. The fourth-order valence-corrected chi connectivity index (χ4v) is 1.35. The molecule has 0 spiro atoms. The van der Waals surface area contributed by atoms with E-state index in [4.69, 9.17) is 10.8 Å². The molecule has 1 rings (SSSR count). The highest BCUT2D eigenvalue weighted by Gasteiger charge is 2.21. The van der Waals surface area contributed by atoms with Crippen LogP contribution in [0.2, 0.25) is 0 Å². The van der Waals surface area contributed by atoms with E-state index < -0.39 is 11.9 Å². The number of carboxylic acids is 1. The molecule has 0 saturated carbocycles. The number of hydrogen-bond acceptors (Lipinski definition) is 5. The van der Waals surface area contributed by atoms with Gasteiger partial charge in [0.05, 0.1) is 0 Å². The van der Waals surface area contributed by atoms with Gasteiger partial charge in [-0.05, 0) is 6.42 Å². The van der Waals surface area contributed by atoms with E-state index in [2.05, 4.69) is 9.97 Å². The lowest BCUT2D eigenvalue weighted by molar-refractivity contribution is -0.137. The molecule has 17 heavy (non-hydrogen) atoms. The first kappa shape index (κ1) is 12.9. The quantitative estimate of drug-likeness (QED) is 0.747. The molecule has 0 aromatic carbocycles. The molecule has 0 aliphatic carbocycles. The Balaban J connectivity index is 2.91. The van der Waals surface area contributed by atoms with Gasteiger partial charge in [0.1, 0.15) is 6.54 Å². The number of aromatic nitrogens is 2. The van der Waals surface area contributed by atoms with Crippen molar-refractivity contribution in [2.24, 2.45) is 0 Å². The number of carbonyl (C=O) groups is 2. The highest BCUT2D eigenvalue weighted by Crippen LogP contribution is 2.08. The molecule has 0 saturated heterocycles. The Bertz CT molecular complexity index is 422. The number of rotatable bonds is 5. The third-order valence-electron chi connectivity index (χ3n) is 2.04. The number of amides is 1. The molecule has 3 N–H and O–H groups in total. The molecule has 0 atom stereocenters. The van der Waals surface area contributed by atoms with E-state index in [1.165, 1.54) is 17.3 Å². The average Bonchev–Trinajstić information content (AvgIpc) is 2.28. The van der Waals surface area contributed by atoms with E-state index in [0.29, 0.717) is 13.0 Å². The van der Waals surface area contributed by atoms with E-state index in [9.17, 15) is 9.59 Å². The average molecular weight is 238 g/mol. The van der Waals surface area contributed by atoms with Gasteiger partial charge < -0.3 is 15.7 Å². The molecular formula is C10H14N4O3. The molecule has 1 aromatic heterocycles. The molecule has 0 radical (unpaired) electrons. The molecule has 92 valence electrons. The minimum Gasteiger partial charge on any atom is -0.480 e. The first-order valence-electron chi connectivity index (χ1n) is 5.13. The summed E-state index contributed by atoms with van der Waals surface area (Å²) in [6.45, 7) is 1.81. The van der Waals surface area contributed by atoms with Gasteiger partial charge in [-0.3, -0.25) is 9.59 Å². The predicted molar refractivity (Wildman–Crippen MR) is 60.3 cm³/mol. The highest BCUT2D eigenvalue weighted by atomic mass is 16.4. The van der Waals surface area contributed by atoms with Crippen LogP contribution in [0.5, 0.6) is 0 Å². The zero-order valence-corrected chi connectivity index (χ0v) is 9.46. The van der Waals surface area contributed by atoms with Crippen LogP contribution in [0.1, 0.15) is 23.8 Å². The van der Waals surface area contributed by atoms with Gasteiger partial charge in [-0.1, -0.05) is 6.92 Å². The van der Waals surface area contributed by atoms with E-state index in [1.807, 2.05) is 6.92 Å². The summed E-state index contributed by atoms with van der Waals surface area (Å²) in [6.07, 6.45) is 3.36. The summed E-state index contributed by atoms with van der Waals surface area (Å²) in [4.78, 5) is 31.4. The first-order valence-corrected chi connectivity index (χ1v) is 5.13. The van der Waals surface area contributed by atoms with Crippen molar-refractivity contribution < 1.29 is 14.7 Å². The van der Waals surface area contributed by atoms with Crippen molar-refractivity contribution in [3.05, 3.63) is 18.1 Å². The van der Waals surface area contributed by atoms with E-state index in [0.717, 1.165) is 0 Å². The monoisotopic (exact) mass is 238 g/mol. The van der Waals surface area contributed by atoms with Crippen LogP contribution >= 0.6 is 0 Å². The molecule has 7 nitrogen and oxygen atoms in total. The van der Waals surface area contributed by atoms with E-state index in [-0.39, 0.29) is 18.1 Å². The van der Waals surface area contributed by atoms with Crippen molar-refractivity contribution >= 4 is 17.7 Å². The number of nitrogens with two attached hydrogens (primary N) is 1. The maximum atomic E-state index is 12.0.